The highest BCUT2D eigenvalue weighted by atomic mass is 16.5. The molecule has 5 nitrogen and oxygen atoms in total. The number of hydrogen-bond acceptors (Lipinski definition) is 4. The van der Waals surface area contributed by atoms with Gasteiger partial charge in [0.1, 0.15) is 5.54 Å². The smallest absolute Gasteiger partial charge is 0.244 e. The van der Waals surface area contributed by atoms with E-state index >= 15 is 0 Å². The summed E-state index contributed by atoms with van der Waals surface area (Å²) in [6, 6.07) is 9.89. The number of carbonyl (C=O) groups is 1. The second kappa shape index (κ2) is 9.32. The molecular formula is C20H33N3O2. The molecular weight excluding hydrogens is 314 g/mol. The number of ether oxygens (including phenoxy) is 1. The number of rotatable bonds is 8. The quantitative estimate of drug-likeness (QED) is 0.756. The third kappa shape index (κ3) is 5.03. The van der Waals surface area contributed by atoms with Crippen molar-refractivity contribution in [1.29, 1.82) is 0 Å². The minimum absolute atomic E-state index is 0.122. The van der Waals surface area contributed by atoms with Gasteiger partial charge in [-0.2, -0.15) is 0 Å². The molecule has 0 saturated carbocycles. The zero-order chi connectivity index (χ0) is 18.3. The Morgan fingerprint density at radius 2 is 1.84 bits per heavy atom. The average Bonchev–Trinajstić information content (AvgIpc) is 2.66. The lowest BCUT2D eigenvalue weighted by Crippen LogP contribution is -2.55. The summed E-state index contributed by atoms with van der Waals surface area (Å²) in [4.78, 5) is 15.2. The molecule has 1 heterocycles. The van der Waals surface area contributed by atoms with E-state index in [1.165, 1.54) is 0 Å². The summed E-state index contributed by atoms with van der Waals surface area (Å²) in [6.45, 7) is 10.2. The van der Waals surface area contributed by atoms with Crippen LogP contribution in [0.25, 0.3) is 0 Å². The Hall–Kier alpha value is -1.43. The molecule has 1 aliphatic heterocycles. The first-order chi connectivity index (χ1) is 12.0. The van der Waals surface area contributed by atoms with Gasteiger partial charge in [-0.3, -0.25) is 9.69 Å². The van der Waals surface area contributed by atoms with Gasteiger partial charge in [0.05, 0.1) is 13.2 Å². The van der Waals surface area contributed by atoms with E-state index in [0.717, 1.165) is 44.7 Å². The molecule has 1 saturated heterocycles. The molecule has 1 aliphatic rings. The van der Waals surface area contributed by atoms with E-state index in [1.807, 2.05) is 30.3 Å². The molecule has 0 bridgehead atoms. The largest absolute Gasteiger partial charge is 0.379 e. The Labute approximate surface area is 151 Å². The fraction of sp³-hybridized carbons (Fsp3) is 0.650. The number of hydrogen-bond donors (Lipinski definition) is 2. The van der Waals surface area contributed by atoms with Crippen LogP contribution in [0, 0.1) is 5.92 Å². The first-order valence-electron chi connectivity index (χ1n) is 9.45. The van der Waals surface area contributed by atoms with Gasteiger partial charge in [0, 0.05) is 25.7 Å². The first-order valence-corrected chi connectivity index (χ1v) is 9.45. The van der Waals surface area contributed by atoms with Gasteiger partial charge < -0.3 is 15.8 Å². The molecule has 0 aromatic heterocycles. The van der Waals surface area contributed by atoms with Crippen molar-refractivity contribution in [3.8, 4) is 0 Å². The fourth-order valence-corrected chi connectivity index (χ4v) is 3.63. The SMILES string of the molecule is CCC(CC)C(CNC(=O)C(C)(N)c1ccccc1)N1CCOCC1. The lowest BCUT2D eigenvalue weighted by Gasteiger charge is -2.39. The van der Waals surface area contributed by atoms with E-state index in [1.54, 1.807) is 6.92 Å². The number of amides is 1. The predicted molar refractivity (Wildman–Crippen MR) is 101 cm³/mol. The summed E-state index contributed by atoms with van der Waals surface area (Å²) in [5, 5.41) is 3.12. The lowest BCUT2D eigenvalue weighted by atomic mass is 9.90. The maximum absolute atomic E-state index is 12.8. The van der Waals surface area contributed by atoms with Crippen LogP contribution in [0.15, 0.2) is 30.3 Å². The van der Waals surface area contributed by atoms with Gasteiger partial charge in [-0.25, -0.2) is 0 Å². The second-order valence-electron chi connectivity index (χ2n) is 7.07. The zero-order valence-corrected chi connectivity index (χ0v) is 15.8. The monoisotopic (exact) mass is 347 g/mol. The van der Waals surface area contributed by atoms with Crippen molar-refractivity contribution >= 4 is 5.91 Å². The molecule has 2 rings (SSSR count). The maximum atomic E-state index is 12.8. The Balaban J connectivity index is 2.04. The highest BCUT2D eigenvalue weighted by Crippen LogP contribution is 2.21. The van der Waals surface area contributed by atoms with Gasteiger partial charge >= 0.3 is 0 Å². The Bertz CT molecular complexity index is 523. The van der Waals surface area contributed by atoms with Crippen LogP contribution < -0.4 is 11.1 Å². The number of morpholine rings is 1. The van der Waals surface area contributed by atoms with E-state index in [9.17, 15) is 4.79 Å². The van der Waals surface area contributed by atoms with Crippen LogP contribution in [-0.4, -0.2) is 49.7 Å². The summed E-state index contributed by atoms with van der Waals surface area (Å²) in [5.74, 6) is 0.432. The van der Waals surface area contributed by atoms with E-state index in [4.69, 9.17) is 10.5 Å². The third-order valence-electron chi connectivity index (χ3n) is 5.42. The maximum Gasteiger partial charge on any atom is 0.244 e. The van der Waals surface area contributed by atoms with E-state index in [-0.39, 0.29) is 5.91 Å². The van der Waals surface area contributed by atoms with Crippen molar-refractivity contribution < 1.29 is 9.53 Å². The highest BCUT2D eigenvalue weighted by Gasteiger charge is 2.32. The van der Waals surface area contributed by atoms with Gasteiger partial charge in [0.2, 0.25) is 5.91 Å². The van der Waals surface area contributed by atoms with Crippen LogP contribution in [0.3, 0.4) is 0 Å². The summed E-state index contributed by atoms with van der Waals surface area (Å²) < 4.78 is 5.49. The van der Waals surface area contributed by atoms with Gasteiger partial charge in [0.15, 0.2) is 0 Å². The van der Waals surface area contributed by atoms with Gasteiger partial charge in [-0.05, 0) is 18.4 Å². The second-order valence-corrected chi connectivity index (χ2v) is 7.07. The number of carbonyl (C=O) groups excluding carboxylic acids is 1. The summed E-state index contributed by atoms with van der Waals surface area (Å²) in [7, 11) is 0. The number of benzene rings is 1. The topological polar surface area (TPSA) is 67.6 Å². The first kappa shape index (κ1) is 19.9. The van der Waals surface area contributed by atoms with Crippen LogP contribution in [0.5, 0.6) is 0 Å². The lowest BCUT2D eigenvalue weighted by molar-refractivity contribution is -0.126. The highest BCUT2D eigenvalue weighted by molar-refractivity contribution is 5.87. The molecule has 0 aliphatic carbocycles. The third-order valence-corrected chi connectivity index (χ3v) is 5.42. The van der Waals surface area contributed by atoms with Gasteiger partial charge in [-0.15, -0.1) is 0 Å². The van der Waals surface area contributed by atoms with Crippen molar-refractivity contribution in [2.24, 2.45) is 11.7 Å². The van der Waals surface area contributed by atoms with Gasteiger partial charge in [0.25, 0.3) is 0 Å². The molecule has 1 fully saturated rings. The van der Waals surface area contributed by atoms with Crippen LogP contribution in [0.1, 0.15) is 39.2 Å². The molecule has 0 spiro atoms. The summed E-state index contributed by atoms with van der Waals surface area (Å²) in [6.07, 6.45) is 2.21. The predicted octanol–water partition coefficient (Wildman–Crippen LogP) is 2.11. The van der Waals surface area contributed by atoms with E-state index in [2.05, 4.69) is 24.1 Å². The molecule has 2 atom stereocenters. The summed E-state index contributed by atoms with van der Waals surface area (Å²) in [5.41, 5.74) is 6.15. The van der Waals surface area contributed by atoms with Crippen LogP contribution in [-0.2, 0) is 15.1 Å². The molecule has 1 aromatic rings. The number of nitrogens with two attached hydrogens (primary N) is 1. The number of nitrogens with one attached hydrogen (secondary N) is 1. The van der Waals surface area contributed by atoms with E-state index < -0.39 is 5.54 Å². The van der Waals surface area contributed by atoms with Crippen LogP contribution in [0.2, 0.25) is 0 Å². The molecule has 1 amide bonds. The fourth-order valence-electron chi connectivity index (χ4n) is 3.63. The van der Waals surface area contributed by atoms with Gasteiger partial charge in [-0.1, -0.05) is 57.0 Å². The van der Waals surface area contributed by atoms with Crippen molar-refractivity contribution in [3.63, 3.8) is 0 Å². The molecule has 25 heavy (non-hydrogen) atoms. The molecule has 0 radical (unpaired) electrons. The van der Waals surface area contributed by atoms with Crippen molar-refractivity contribution in [2.45, 2.75) is 45.2 Å². The minimum Gasteiger partial charge on any atom is -0.379 e. The molecule has 2 unspecified atom stereocenters. The van der Waals surface area contributed by atoms with Crippen molar-refractivity contribution in [3.05, 3.63) is 35.9 Å². The van der Waals surface area contributed by atoms with Crippen LogP contribution >= 0.6 is 0 Å². The number of nitrogens with zero attached hydrogens (tertiary/aromatic N) is 1. The molecule has 140 valence electrons. The molecule has 1 aromatic carbocycles. The average molecular weight is 348 g/mol. The van der Waals surface area contributed by atoms with Crippen LogP contribution in [0.4, 0.5) is 0 Å². The Morgan fingerprint density at radius 1 is 1.24 bits per heavy atom. The zero-order valence-electron chi connectivity index (χ0n) is 15.8. The Morgan fingerprint density at radius 3 is 2.40 bits per heavy atom. The summed E-state index contributed by atoms with van der Waals surface area (Å²) >= 11 is 0. The Kier molecular flexibility index (Phi) is 7.41. The standard InChI is InChI=1S/C20H33N3O2/c1-4-16(5-2)18(23-11-13-25-14-12-23)15-22-19(24)20(3,21)17-9-7-6-8-10-17/h6-10,16,18H,4-5,11-15,21H2,1-3H3,(H,22,24). The van der Waals surface area contributed by atoms with Crippen molar-refractivity contribution in [2.75, 3.05) is 32.8 Å². The van der Waals surface area contributed by atoms with Crippen molar-refractivity contribution in [1.82, 2.24) is 10.2 Å². The van der Waals surface area contributed by atoms with E-state index in [0.29, 0.717) is 18.5 Å². The normalized spacial score (nSPS) is 19.4. The molecule has 3 N–H and O–H groups in total. The molecule has 5 heteroatoms. The minimum atomic E-state index is -1.02.